The molecule has 35 heavy (non-hydrogen) atoms. The van der Waals surface area contributed by atoms with E-state index in [2.05, 4.69) is 17.0 Å². The second kappa shape index (κ2) is 9.70. The molecule has 5 rings (SSSR count). The topological polar surface area (TPSA) is 75.8 Å². The number of hydrogen-bond acceptors (Lipinski definition) is 4. The van der Waals surface area contributed by atoms with Gasteiger partial charge in [-0.05, 0) is 95.8 Å². The molecule has 0 unspecified atom stereocenters. The molecule has 3 aromatic carbocycles. The van der Waals surface area contributed by atoms with E-state index in [1.807, 2.05) is 24.3 Å². The lowest BCUT2D eigenvalue weighted by Gasteiger charge is -2.34. The summed E-state index contributed by atoms with van der Waals surface area (Å²) >= 11 is 0. The van der Waals surface area contributed by atoms with Crippen LogP contribution < -0.4 is 15.4 Å². The van der Waals surface area contributed by atoms with E-state index < -0.39 is 5.97 Å². The van der Waals surface area contributed by atoms with Gasteiger partial charge in [0.25, 0.3) is 0 Å². The first-order chi connectivity index (χ1) is 16.9. The molecule has 0 amide bonds. The van der Waals surface area contributed by atoms with Crippen molar-refractivity contribution in [2.75, 3.05) is 18.0 Å². The highest BCUT2D eigenvalue weighted by atomic mass is 19.1. The molecule has 1 saturated heterocycles. The average molecular weight is 475 g/mol. The highest BCUT2D eigenvalue weighted by Gasteiger charge is 2.44. The molecule has 1 heterocycles. The third kappa shape index (κ3) is 5.49. The fourth-order valence-electron chi connectivity index (χ4n) is 5.07. The summed E-state index contributed by atoms with van der Waals surface area (Å²) in [5.74, 6) is -0.639. The van der Waals surface area contributed by atoms with Crippen LogP contribution in [0.2, 0.25) is 0 Å². The van der Waals surface area contributed by atoms with Gasteiger partial charge >= 0.3 is 5.97 Å². The molecule has 6 heteroatoms. The maximum Gasteiger partial charge on any atom is 0.307 e. The summed E-state index contributed by atoms with van der Waals surface area (Å²) in [7, 11) is 0. The minimum atomic E-state index is -0.898. The van der Waals surface area contributed by atoms with Crippen LogP contribution >= 0.6 is 0 Å². The molecule has 2 aliphatic rings. The molecule has 5 nitrogen and oxygen atoms in total. The average Bonchev–Trinajstić information content (AvgIpc) is 3.61. The van der Waals surface area contributed by atoms with Gasteiger partial charge in [0.1, 0.15) is 18.2 Å². The second-order valence-electron chi connectivity index (χ2n) is 9.89. The van der Waals surface area contributed by atoms with Crippen LogP contribution in [0.3, 0.4) is 0 Å². The van der Waals surface area contributed by atoms with Gasteiger partial charge in [0, 0.05) is 30.9 Å². The summed E-state index contributed by atoms with van der Waals surface area (Å²) in [6, 6.07) is 18.4. The number of carbonyl (C=O) groups is 1. The molecule has 3 N–H and O–H groups in total. The number of rotatable bonds is 8. The molecule has 1 spiro atoms. The molecule has 1 aliphatic heterocycles. The number of aliphatic carboxylic acids is 1. The number of benzene rings is 3. The Morgan fingerprint density at radius 3 is 2.40 bits per heavy atom. The molecule has 3 aromatic rings. The van der Waals surface area contributed by atoms with Crippen LogP contribution in [0, 0.1) is 11.2 Å². The number of para-hydroxylation sites is 1. The number of carboxylic acid groups (broad SMARTS) is 1. The number of carboxylic acids is 1. The lowest BCUT2D eigenvalue weighted by atomic mass is 9.92. The molecule has 2 fully saturated rings. The largest absolute Gasteiger partial charge is 0.489 e. The van der Waals surface area contributed by atoms with Gasteiger partial charge in [-0.3, -0.25) is 4.79 Å². The van der Waals surface area contributed by atoms with Crippen molar-refractivity contribution in [3.8, 4) is 16.9 Å². The molecule has 0 aromatic heterocycles. The number of piperidine rings is 1. The molecular weight excluding hydrogens is 443 g/mol. The number of hydrogen-bond donors (Lipinski definition) is 2. The van der Waals surface area contributed by atoms with Crippen LogP contribution in [0.5, 0.6) is 5.75 Å². The van der Waals surface area contributed by atoms with Crippen molar-refractivity contribution in [2.24, 2.45) is 11.1 Å². The van der Waals surface area contributed by atoms with Crippen LogP contribution in [0.4, 0.5) is 10.1 Å². The zero-order valence-corrected chi connectivity index (χ0v) is 19.8. The highest BCUT2D eigenvalue weighted by Crippen LogP contribution is 2.54. The Kier molecular flexibility index (Phi) is 6.48. The Labute approximate surface area is 205 Å². The van der Waals surface area contributed by atoms with E-state index in [0.717, 1.165) is 41.0 Å². The lowest BCUT2D eigenvalue weighted by molar-refractivity contribution is -0.136. The van der Waals surface area contributed by atoms with E-state index in [-0.39, 0.29) is 25.4 Å². The lowest BCUT2D eigenvalue weighted by Crippen LogP contribution is -2.34. The van der Waals surface area contributed by atoms with Crippen molar-refractivity contribution in [1.82, 2.24) is 0 Å². The number of anilines is 1. The summed E-state index contributed by atoms with van der Waals surface area (Å²) in [5, 5.41) is 9.23. The molecule has 0 bridgehead atoms. The molecule has 1 aliphatic carbocycles. The molecule has 0 radical (unpaired) electrons. The van der Waals surface area contributed by atoms with Crippen molar-refractivity contribution in [1.29, 1.82) is 0 Å². The second-order valence-corrected chi connectivity index (χ2v) is 9.89. The first kappa shape index (κ1) is 23.4. The standard InChI is InChI=1S/C29H31FN2O3/c30-25-13-20(18-31)11-23(15-25)24-12-21(19-35-27-4-2-1-3-22(27)17-28(33)34)14-26(16-24)32-9-7-29(5-6-29)8-10-32/h1-4,11-16H,5-10,17-19,31H2,(H,33,34). The third-order valence-corrected chi connectivity index (χ3v) is 7.36. The summed E-state index contributed by atoms with van der Waals surface area (Å²) in [6.45, 7) is 2.59. The normalized spacial score (nSPS) is 16.3. The maximum absolute atomic E-state index is 14.3. The van der Waals surface area contributed by atoms with Crippen LogP contribution in [0.1, 0.15) is 42.4 Å². The number of halogens is 1. The van der Waals surface area contributed by atoms with E-state index >= 15 is 0 Å². The minimum Gasteiger partial charge on any atom is -0.489 e. The van der Waals surface area contributed by atoms with Gasteiger partial charge < -0.3 is 20.5 Å². The van der Waals surface area contributed by atoms with Crippen LogP contribution in [0.15, 0.2) is 60.7 Å². The molecule has 1 saturated carbocycles. The maximum atomic E-state index is 14.3. The highest BCUT2D eigenvalue weighted by molar-refractivity contribution is 5.72. The van der Waals surface area contributed by atoms with Crippen molar-refractivity contribution >= 4 is 11.7 Å². The Hall–Kier alpha value is -3.38. The van der Waals surface area contributed by atoms with Gasteiger partial charge in [0.05, 0.1) is 6.42 Å². The zero-order chi connectivity index (χ0) is 24.4. The SMILES string of the molecule is NCc1cc(F)cc(-c2cc(COc3ccccc3CC(=O)O)cc(N3CCC4(CC3)CC4)c2)c1. The van der Waals surface area contributed by atoms with Crippen molar-refractivity contribution in [3.05, 3.63) is 83.2 Å². The van der Waals surface area contributed by atoms with Gasteiger partial charge in [-0.25, -0.2) is 4.39 Å². The number of nitrogens with zero attached hydrogens (tertiary/aromatic N) is 1. The molecule has 0 atom stereocenters. The summed E-state index contributed by atoms with van der Waals surface area (Å²) in [4.78, 5) is 13.7. The quantitative estimate of drug-likeness (QED) is 0.448. The Morgan fingerprint density at radius 2 is 1.69 bits per heavy atom. The monoisotopic (exact) mass is 474 g/mol. The van der Waals surface area contributed by atoms with E-state index in [1.54, 1.807) is 18.2 Å². The number of ether oxygens (including phenoxy) is 1. The predicted molar refractivity (Wildman–Crippen MR) is 135 cm³/mol. The fraction of sp³-hybridized carbons (Fsp3) is 0.345. The van der Waals surface area contributed by atoms with Gasteiger partial charge in [-0.15, -0.1) is 0 Å². The van der Waals surface area contributed by atoms with Crippen LogP contribution in [-0.2, 0) is 24.4 Å². The minimum absolute atomic E-state index is 0.0951. The smallest absolute Gasteiger partial charge is 0.307 e. The van der Waals surface area contributed by atoms with Gasteiger partial charge in [-0.2, -0.15) is 0 Å². The van der Waals surface area contributed by atoms with Crippen molar-refractivity contribution in [3.63, 3.8) is 0 Å². The van der Waals surface area contributed by atoms with Gasteiger partial charge in [0.2, 0.25) is 0 Å². The predicted octanol–water partition coefficient (Wildman–Crippen LogP) is 5.54. The van der Waals surface area contributed by atoms with Crippen LogP contribution in [-0.4, -0.2) is 24.2 Å². The van der Waals surface area contributed by atoms with Crippen molar-refractivity contribution in [2.45, 2.75) is 45.3 Å². The zero-order valence-electron chi connectivity index (χ0n) is 19.8. The van der Waals surface area contributed by atoms with E-state index in [9.17, 15) is 14.3 Å². The molecular formula is C29H31FN2O3. The summed E-state index contributed by atoms with van der Waals surface area (Å²) < 4.78 is 20.4. The first-order valence-electron chi connectivity index (χ1n) is 12.2. The van der Waals surface area contributed by atoms with E-state index in [1.165, 1.54) is 31.7 Å². The number of nitrogens with two attached hydrogens (primary N) is 1. The van der Waals surface area contributed by atoms with Gasteiger partial charge in [-0.1, -0.05) is 18.2 Å². The van der Waals surface area contributed by atoms with E-state index in [4.69, 9.17) is 10.5 Å². The summed E-state index contributed by atoms with van der Waals surface area (Å²) in [6.07, 6.45) is 5.02. The Bertz CT molecular complexity index is 1230. The Morgan fingerprint density at radius 1 is 0.971 bits per heavy atom. The first-order valence-corrected chi connectivity index (χ1v) is 12.2. The van der Waals surface area contributed by atoms with E-state index in [0.29, 0.717) is 16.7 Å². The van der Waals surface area contributed by atoms with Gasteiger partial charge in [0.15, 0.2) is 0 Å². The fourth-order valence-corrected chi connectivity index (χ4v) is 5.07. The van der Waals surface area contributed by atoms with Crippen LogP contribution in [0.25, 0.3) is 11.1 Å². The Balaban J connectivity index is 1.45. The summed E-state index contributed by atoms with van der Waals surface area (Å²) in [5.41, 5.74) is 11.5. The molecule has 182 valence electrons. The van der Waals surface area contributed by atoms with Crippen molar-refractivity contribution < 1.29 is 19.0 Å². The third-order valence-electron chi connectivity index (χ3n) is 7.36.